The second-order valence-electron chi connectivity index (χ2n) is 3.94. The van der Waals surface area contributed by atoms with Crippen LogP contribution in [0.15, 0.2) is 10.6 Å². The van der Waals surface area contributed by atoms with Crippen molar-refractivity contribution in [3.05, 3.63) is 11.8 Å². The SMILES string of the molecule is CCCCc1cc(-c2nnc3sc(N)nn23)no1. The minimum Gasteiger partial charge on any atom is -0.374 e. The van der Waals surface area contributed by atoms with Crippen molar-refractivity contribution >= 4 is 21.4 Å². The summed E-state index contributed by atoms with van der Waals surface area (Å²) in [5.74, 6) is 1.41. The van der Waals surface area contributed by atoms with E-state index in [1.165, 1.54) is 11.3 Å². The van der Waals surface area contributed by atoms with Crippen LogP contribution in [0.3, 0.4) is 0 Å². The molecule has 94 valence electrons. The Morgan fingerprint density at radius 1 is 1.44 bits per heavy atom. The highest BCUT2D eigenvalue weighted by Crippen LogP contribution is 2.22. The molecule has 7 nitrogen and oxygen atoms in total. The lowest BCUT2D eigenvalue weighted by atomic mass is 10.2. The normalized spacial score (nSPS) is 11.4. The Hall–Kier alpha value is -1.96. The smallest absolute Gasteiger partial charge is 0.236 e. The summed E-state index contributed by atoms with van der Waals surface area (Å²) in [6.45, 7) is 2.14. The number of aryl methyl sites for hydroxylation is 1. The molecule has 0 spiro atoms. The fraction of sp³-hybridized carbons (Fsp3) is 0.400. The van der Waals surface area contributed by atoms with Crippen LogP contribution >= 0.6 is 11.3 Å². The molecule has 0 amide bonds. The Morgan fingerprint density at radius 3 is 3.17 bits per heavy atom. The Labute approximate surface area is 107 Å². The molecule has 0 unspecified atom stereocenters. The first kappa shape index (κ1) is 11.1. The molecule has 0 atom stereocenters. The quantitative estimate of drug-likeness (QED) is 0.771. The highest BCUT2D eigenvalue weighted by molar-refractivity contribution is 7.20. The molecular weight excluding hydrogens is 252 g/mol. The summed E-state index contributed by atoms with van der Waals surface area (Å²) in [7, 11) is 0. The van der Waals surface area contributed by atoms with Gasteiger partial charge in [-0.3, -0.25) is 0 Å². The second-order valence-corrected chi connectivity index (χ2v) is 4.93. The molecule has 0 aliphatic carbocycles. The van der Waals surface area contributed by atoms with Gasteiger partial charge in [0, 0.05) is 12.5 Å². The average molecular weight is 264 g/mol. The Balaban J connectivity index is 1.95. The molecule has 2 N–H and O–H groups in total. The van der Waals surface area contributed by atoms with Crippen LogP contribution in [0.4, 0.5) is 5.13 Å². The van der Waals surface area contributed by atoms with Gasteiger partial charge in [0.1, 0.15) is 5.76 Å². The number of anilines is 1. The van der Waals surface area contributed by atoms with Crippen molar-refractivity contribution in [3.8, 4) is 11.5 Å². The third-order valence-corrected chi connectivity index (χ3v) is 3.30. The monoisotopic (exact) mass is 264 g/mol. The van der Waals surface area contributed by atoms with Gasteiger partial charge in [0.05, 0.1) is 0 Å². The Morgan fingerprint density at radius 2 is 2.33 bits per heavy atom. The fourth-order valence-corrected chi connectivity index (χ4v) is 2.28. The molecule has 18 heavy (non-hydrogen) atoms. The molecule has 3 rings (SSSR count). The van der Waals surface area contributed by atoms with Crippen molar-refractivity contribution in [2.75, 3.05) is 5.73 Å². The molecule has 3 aromatic rings. The van der Waals surface area contributed by atoms with Gasteiger partial charge in [-0.25, -0.2) is 0 Å². The number of nitrogen functional groups attached to an aromatic ring is 1. The molecule has 3 heterocycles. The minimum absolute atomic E-state index is 0.454. The van der Waals surface area contributed by atoms with Crippen LogP contribution in [0.5, 0.6) is 0 Å². The number of nitrogens with zero attached hydrogens (tertiary/aromatic N) is 5. The molecular formula is C10H12N6OS. The number of unbranched alkanes of at least 4 members (excludes halogenated alkanes) is 1. The van der Waals surface area contributed by atoms with Gasteiger partial charge in [0.25, 0.3) is 0 Å². The molecule has 8 heteroatoms. The molecule has 0 aliphatic rings. The van der Waals surface area contributed by atoms with E-state index in [0.29, 0.717) is 21.6 Å². The highest BCUT2D eigenvalue weighted by atomic mass is 32.1. The molecule has 0 fully saturated rings. The summed E-state index contributed by atoms with van der Waals surface area (Å²) >= 11 is 1.29. The summed E-state index contributed by atoms with van der Waals surface area (Å²) in [6, 6.07) is 1.88. The predicted octanol–water partition coefficient (Wildman–Crippen LogP) is 1.77. The molecule has 0 saturated carbocycles. The maximum Gasteiger partial charge on any atom is 0.236 e. The summed E-state index contributed by atoms with van der Waals surface area (Å²) in [5, 5.41) is 16.6. The van der Waals surface area contributed by atoms with Crippen LogP contribution in [0.1, 0.15) is 25.5 Å². The summed E-state index contributed by atoms with van der Waals surface area (Å²) in [5.41, 5.74) is 6.27. The zero-order valence-corrected chi connectivity index (χ0v) is 10.6. The third kappa shape index (κ3) is 1.84. The van der Waals surface area contributed by atoms with Crippen molar-refractivity contribution < 1.29 is 4.52 Å². The van der Waals surface area contributed by atoms with E-state index in [4.69, 9.17) is 10.3 Å². The van der Waals surface area contributed by atoms with Crippen LogP contribution in [-0.4, -0.2) is 25.0 Å². The van der Waals surface area contributed by atoms with Crippen LogP contribution in [0.2, 0.25) is 0 Å². The van der Waals surface area contributed by atoms with E-state index >= 15 is 0 Å². The zero-order valence-electron chi connectivity index (χ0n) is 9.83. The van der Waals surface area contributed by atoms with Crippen molar-refractivity contribution in [3.63, 3.8) is 0 Å². The van der Waals surface area contributed by atoms with Gasteiger partial charge in [-0.05, 0) is 6.42 Å². The lowest BCUT2D eigenvalue weighted by Crippen LogP contribution is -1.92. The topological polar surface area (TPSA) is 95.1 Å². The first-order valence-corrected chi connectivity index (χ1v) is 6.53. The van der Waals surface area contributed by atoms with E-state index in [9.17, 15) is 0 Å². The van der Waals surface area contributed by atoms with Crippen LogP contribution in [-0.2, 0) is 6.42 Å². The van der Waals surface area contributed by atoms with Crippen molar-refractivity contribution in [2.45, 2.75) is 26.2 Å². The number of aromatic nitrogens is 5. The maximum absolute atomic E-state index is 5.63. The molecule has 0 aliphatic heterocycles. The Bertz CT molecular complexity index is 669. The van der Waals surface area contributed by atoms with Crippen LogP contribution in [0, 0.1) is 0 Å². The third-order valence-electron chi connectivity index (χ3n) is 2.57. The van der Waals surface area contributed by atoms with Gasteiger partial charge in [-0.1, -0.05) is 29.8 Å². The highest BCUT2D eigenvalue weighted by Gasteiger charge is 2.16. The predicted molar refractivity (Wildman–Crippen MR) is 67.2 cm³/mol. The Kier molecular flexibility index (Phi) is 2.71. The van der Waals surface area contributed by atoms with Crippen molar-refractivity contribution in [2.24, 2.45) is 0 Å². The lowest BCUT2D eigenvalue weighted by molar-refractivity contribution is 0.381. The van der Waals surface area contributed by atoms with Gasteiger partial charge in [0.2, 0.25) is 15.9 Å². The largest absolute Gasteiger partial charge is 0.374 e. The molecule has 0 aromatic carbocycles. The van der Waals surface area contributed by atoms with E-state index in [1.54, 1.807) is 4.52 Å². The van der Waals surface area contributed by atoms with Crippen molar-refractivity contribution in [1.82, 2.24) is 25.0 Å². The number of hydrogen-bond donors (Lipinski definition) is 1. The summed E-state index contributed by atoms with van der Waals surface area (Å²) in [6.07, 6.45) is 3.08. The number of fused-ring (bicyclic) bond motifs is 1. The van der Waals surface area contributed by atoms with E-state index < -0.39 is 0 Å². The first-order valence-electron chi connectivity index (χ1n) is 5.71. The standard InChI is InChI=1S/C10H12N6OS/c1-2-3-4-6-5-7(15-17-6)8-12-13-10-16(8)14-9(11)18-10/h5H,2-4H2,1H3,(H2,11,14). The summed E-state index contributed by atoms with van der Waals surface area (Å²) in [4.78, 5) is 0.653. The van der Waals surface area contributed by atoms with Crippen LogP contribution in [0.25, 0.3) is 16.5 Å². The minimum atomic E-state index is 0.454. The zero-order chi connectivity index (χ0) is 12.5. The van der Waals surface area contributed by atoms with Crippen molar-refractivity contribution in [1.29, 1.82) is 0 Å². The van der Waals surface area contributed by atoms with Gasteiger partial charge in [-0.2, -0.15) is 4.52 Å². The lowest BCUT2D eigenvalue weighted by Gasteiger charge is -1.89. The van der Waals surface area contributed by atoms with Gasteiger partial charge >= 0.3 is 0 Å². The molecule has 3 aromatic heterocycles. The van der Waals surface area contributed by atoms with Gasteiger partial charge in [0.15, 0.2) is 5.69 Å². The van der Waals surface area contributed by atoms with Gasteiger partial charge < -0.3 is 10.3 Å². The first-order chi connectivity index (χ1) is 8.78. The summed E-state index contributed by atoms with van der Waals surface area (Å²) < 4.78 is 6.84. The molecule has 0 bridgehead atoms. The van der Waals surface area contributed by atoms with Gasteiger partial charge in [-0.15, -0.1) is 15.3 Å². The maximum atomic E-state index is 5.63. The number of rotatable bonds is 4. The van der Waals surface area contributed by atoms with E-state index in [1.807, 2.05) is 6.07 Å². The average Bonchev–Trinajstić information content (AvgIpc) is 3.01. The van der Waals surface area contributed by atoms with E-state index in [2.05, 4.69) is 27.4 Å². The van der Waals surface area contributed by atoms with E-state index in [-0.39, 0.29) is 0 Å². The second kappa shape index (κ2) is 4.37. The number of nitrogens with two attached hydrogens (primary N) is 1. The van der Waals surface area contributed by atoms with Crippen LogP contribution < -0.4 is 5.73 Å². The fourth-order valence-electron chi connectivity index (χ4n) is 1.68. The molecule has 0 saturated heterocycles. The number of hydrogen-bond acceptors (Lipinski definition) is 7. The van der Waals surface area contributed by atoms with E-state index in [0.717, 1.165) is 25.0 Å². The molecule has 0 radical (unpaired) electrons.